The van der Waals surface area contributed by atoms with Crippen molar-refractivity contribution in [2.45, 2.75) is 59.7 Å². The lowest BCUT2D eigenvalue weighted by Crippen LogP contribution is -2.36. The Morgan fingerprint density at radius 3 is 2.81 bits per heavy atom. The van der Waals surface area contributed by atoms with Crippen molar-refractivity contribution in [3.05, 3.63) is 17.0 Å². The number of H-pyrrole nitrogens is 1. The number of carbonyl (C=O) groups excluding carboxylic acids is 1. The Kier molecular flexibility index (Phi) is 5.04. The second-order valence-corrected chi connectivity index (χ2v) is 6.40. The highest BCUT2D eigenvalue weighted by molar-refractivity contribution is 5.94. The van der Waals surface area contributed by atoms with Gasteiger partial charge in [-0.15, -0.1) is 0 Å². The fraction of sp³-hybridized carbons (Fsp3) is 0.750. The lowest BCUT2D eigenvalue weighted by atomic mass is 9.99. The topological polar surface area (TPSA) is 58.2 Å². The van der Waals surface area contributed by atoms with Gasteiger partial charge in [0.2, 0.25) is 0 Å². The second kappa shape index (κ2) is 6.60. The van der Waals surface area contributed by atoms with E-state index >= 15 is 0 Å². The average Bonchev–Trinajstić information content (AvgIpc) is 2.80. The molecule has 0 saturated heterocycles. The zero-order valence-corrected chi connectivity index (χ0v) is 13.8. The van der Waals surface area contributed by atoms with Crippen molar-refractivity contribution >= 4 is 5.91 Å². The van der Waals surface area contributed by atoms with Crippen LogP contribution in [0.1, 0.15) is 68.9 Å². The molecule has 21 heavy (non-hydrogen) atoms. The van der Waals surface area contributed by atoms with E-state index < -0.39 is 0 Å². The summed E-state index contributed by atoms with van der Waals surface area (Å²) in [7, 11) is 0. The lowest BCUT2D eigenvalue weighted by Gasteiger charge is -2.27. The molecule has 0 fully saturated rings. The first-order valence-electron chi connectivity index (χ1n) is 7.95. The number of rotatable bonds is 5. The van der Waals surface area contributed by atoms with Crippen LogP contribution < -0.4 is 0 Å². The Hall–Kier alpha value is -1.36. The first-order valence-corrected chi connectivity index (χ1v) is 7.95. The molecule has 0 spiro atoms. The van der Waals surface area contributed by atoms with E-state index in [-0.39, 0.29) is 18.1 Å². The Morgan fingerprint density at radius 1 is 1.48 bits per heavy atom. The summed E-state index contributed by atoms with van der Waals surface area (Å²) < 4.78 is 5.78. The van der Waals surface area contributed by atoms with Crippen LogP contribution in [0.4, 0.5) is 0 Å². The quantitative estimate of drug-likeness (QED) is 0.908. The molecule has 118 valence electrons. The summed E-state index contributed by atoms with van der Waals surface area (Å²) in [5.41, 5.74) is 2.58. The molecule has 0 unspecified atom stereocenters. The minimum absolute atomic E-state index is 0.0254. The lowest BCUT2D eigenvalue weighted by molar-refractivity contribution is -0.00702. The maximum absolute atomic E-state index is 12.8. The zero-order valence-electron chi connectivity index (χ0n) is 13.8. The fourth-order valence-corrected chi connectivity index (χ4v) is 2.99. The van der Waals surface area contributed by atoms with Gasteiger partial charge in [-0.25, -0.2) is 0 Å². The van der Waals surface area contributed by atoms with Gasteiger partial charge in [0.05, 0.1) is 17.9 Å². The number of fused-ring (bicyclic) bond motifs is 1. The van der Waals surface area contributed by atoms with Crippen LogP contribution in [0.25, 0.3) is 0 Å². The maximum atomic E-state index is 12.8. The van der Waals surface area contributed by atoms with Crippen molar-refractivity contribution in [2.75, 3.05) is 13.1 Å². The molecular formula is C16H27N3O2. The minimum Gasteiger partial charge on any atom is -0.369 e. The fourth-order valence-electron chi connectivity index (χ4n) is 2.99. The van der Waals surface area contributed by atoms with Gasteiger partial charge in [-0.3, -0.25) is 9.89 Å². The molecule has 1 amide bonds. The Bertz CT molecular complexity index is 496. The van der Waals surface area contributed by atoms with E-state index in [1.165, 1.54) is 0 Å². The molecule has 5 nitrogen and oxygen atoms in total. The van der Waals surface area contributed by atoms with Crippen LogP contribution in [-0.4, -0.2) is 40.2 Å². The smallest absolute Gasteiger partial charge is 0.274 e. The maximum Gasteiger partial charge on any atom is 0.274 e. The predicted molar refractivity (Wildman–Crippen MR) is 82.3 cm³/mol. The molecule has 2 heterocycles. The Balaban J connectivity index is 2.26. The number of hydrogen-bond donors (Lipinski definition) is 1. The molecular weight excluding hydrogens is 266 g/mol. The van der Waals surface area contributed by atoms with Gasteiger partial charge in [0.1, 0.15) is 0 Å². The number of hydrogen-bond acceptors (Lipinski definition) is 3. The van der Waals surface area contributed by atoms with Gasteiger partial charge >= 0.3 is 0 Å². The van der Waals surface area contributed by atoms with Crippen LogP contribution in [0.3, 0.4) is 0 Å². The van der Waals surface area contributed by atoms with E-state index in [9.17, 15) is 4.79 Å². The van der Waals surface area contributed by atoms with Gasteiger partial charge in [-0.2, -0.15) is 5.10 Å². The Morgan fingerprint density at radius 2 is 2.19 bits per heavy atom. The van der Waals surface area contributed by atoms with Gasteiger partial charge in [0.25, 0.3) is 5.91 Å². The van der Waals surface area contributed by atoms with E-state index in [1.807, 2.05) is 18.7 Å². The van der Waals surface area contributed by atoms with E-state index in [2.05, 4.69) is 31.0 Å². The molecule has 0 bridgehead atoms. The number of nitrogens with one attached hydrogen (secondary N) is 1. The minimum atomic E-state index is -0.0254. The third kappa shape index (κ3) is 3.46. The van der Waals surface area contributed by atoms with Gasteiger partial charge in [-0.1, -0.05) is 20.8 Å². The van der Waals surface area contributed by atoms with Crippen molar-refractivity contribution in [1.29, 1.82) is 0 Å². The highest BCUT2D eigenvalue weighted by Crippen LogP contribution is 2.30. The van der Waals surface area contributed by atoms with E-state index in [0.29, 0.717) is 11.6 Å². The molecule has 2 atom stereocenters. The van der Waals surface area contributed by atoms with Crippen LogP contribution in [0.15, 0.2) is 0 Å². The van der Waals surface area contributed by atoms with Crippen LogP contribution in [-0.2, 0) is 11.2 Å². The van der Waals surface area contributed by atoms with Crippen molar-refractivity contribution in [1.82, 2.24) is 15.1 Å². The van der Waals surface area contributed by atoms with Crippen molar-refractivity contribution < 1.29 is 9.53 Å². The van der Waals surface area contributed by atoms with Crippen LogP contribution in [0.5, 0.6) is 0 Å². The third-order valence-corrected chi connectivity index (χ3v) is 3.80. The highest BCUT2D eigenvalue weighted by Gasteiger charge is 2.31. The molecule has 1 aliphatic rings. The van der Waals surface area contributed by atoms with Gasteiger partial charge in [0.15, 0.2) is 5.69 Å². The molecule has 1 aromatic rings. The first-order chi connectivity index (χ1) is 9.93. The average molecular weight is 293 g/mol. The van der Waals surface area contributed by atoms with Crippen LogP contribution in [0.2, 0.25) is 0 Å². The Labute approximate surface area is 127 Å². The monoisotopic (exact) mass is 293 g/mol. The molecule has 5 heteroatoms. The molecule has 0 aliphatic carbocycles. The summed E-state index contributed by atoms with van der Waals surface area (Å²) in [4.78, 5) is 14.7. The molecule has 1 aliphatic heterocycles. The third-order valence-electron chi connectivity index (χ3n) is 3.80. The molecule has 0 radical (unpaired) electrons. The SMILES string of the molecule is CCCN(CC(C)C)C(=O)c1n[nH]c2c1C[C@H](C)O[C@@H]2C. The summed E-state index contributed by atoms with van der Waals surface area (Å²) in [5.74, 6) is 0.501. The highest BCUT2D eigenvalue weighted by atomic mass is 16.5. The number of nitrogens with zero attached hydrogens (tertiary/aromatic N) is 2. The number of aromatic amines is 1. The van der Waals surface area contributed by atoms with Gasteiger partial charge in [-0.05, 0) is 26.2 Å². The summed E-state index contributed by atoms with van der Waals surface area (Å²) >= 11 is 0. The summed E-state index contributed by atoms with van der Waals surface area (Å²) in [6, 6.07) is 0. The van der Waals surface area contributed by atoms with Crippen LogP contribution >= 0.6 is 0 Å². The standard InChI is InChI=1S/C16H27N3O2/c1-6-7-19(9-10(2)3)16(20)15-13-8-11(4)21-12(5)14(13)17-18-15/h10-12H,6-9H2,1-5H3,(H,17,18)/t11-,12+/m0/s1. The number of carbonyl (C=O) groups is 1. The van der Waals surface area contributed by atoms with Crippen molar-refractivity contribution in [3.63, 3.8) is 0 Å². The normalized spacial score (nSPS) is 21.4. The summed E-state index contributed by atoms with van der Waals surface area (Å²) in [5, 5.41) is 7.30. The number of amides is 1. The summed E-state index contributed by atoms with van der Waals surface area (Å²) in [6.07, 6.45) is 1.81. The second-order valence-electron chi connectivity index (χ2n) is 6.40. The predicted octanol–water partition coefficient (Wildman–Crippen LogP) is 2.94. The van der Waals surface area contributed by atoms with Gasteiger partial charge < -0.3 is 9.64 Å². The first kappa shape index (κ1) is 16.0. The number of aromatic nitrogens is 2. The molecule has 0 aromatic carbocycles. The van der Waals surface area contributed by atoms with E-state index in [0.717, 1.165) is 37.2 Å². The van der Waals surface area contributed by atoms with Crippen molar-refractivity contribution in [2.24, 2.45) is 5.92 Å². The van der Waals surface area contributed by atoms with E-state index in [4.69, 9.17) is 4.74 Å². The zero-order chi connectivity index (χ0) is 15.6. The summed E-state index contributed by atoms with van der Waals surface area (Å²) in [6.45, 7) is 12.0. The van der Waals surface area contributed by atoms with Crippen LogP contribution in [0, 0.1) is 5.92 Å². The van der Waals surface area contributed by atoms with Gasteiger partial charge in [0, 0.05) is 25.1 Å². The largest absolute Gasteiger partial charge is 0.369 e. The number of ether oxygens (including phenoxy) is 1. The molecule has 1 aromatic heterocycles. The molecule has 0 saturated carbocycles. The molecule has 1 N–H and O–H groups in total. The molecule has 2 rings (SSSR count). The van der Waals surface area contributed by atoms with Crippen molar-refractivity contribution in [3.8, 4) is 0 Å². The van der Waals surface area contributed by atoms with E-state index in [1.54, 1.807) is 0 Å².